The van der Waals surface area contributed by atoms with Gasteiger partial charge in [-0.3, -0.25) is 9.59 Å². The number of cyclic esters (lactones) is 1. The molecule has 0 fully saturated rings. The van der Waals surface area contributed by atoms with Crippen molar-refractivity contribution in [1.82, 2.24) is 20.8 Å². The number of aryl methyl sites for hydroxylation is 1. The average Bonchev–Trinajstić information content (AvgIpc) is 3.17. The first-order valence-corrected chi connectivity index (χ1v) is 10.5. The molecule has 0 spiro atoms. The lowest BCUT2D eigenvalue weighted by Gasteiger charge is -2.19. The van der Waals surface area contributed by atoms with Crippen molar-refractivity contribution in [2.24, 2.45) is 0 Å². The number of esters is 1. The van der Waals surface area contributed by atoms with Gasteiger partial charge in [-0.2, -0.15) is 16.7 Å². The zero-order valence-electron chi connectivity index (χ0n) is 17.2. The Hall–Kier alpha value is -3.28. The molecule has 12 heteroatoms. The smallest absolute Gasteiger partial charge is 0.339 e. The van der Waals surface area contributed by atoms with Crippen LogP contribution in [0.4, 0.5) is 0 Å². The van der Waals surface area contributed by atoms with Crippen LogP contribution < -0.4 is 15.4 Å². The summed E-state index contributed by atoms with van der Waals surface area (Å²) in [5.41, 5.74) is 0.937. The molecule has 2 heterocycles. The summed E-state index contributed by atoms with van der Waals surface area (Å²) >= 11 is 1.34. The van der Waals surface area contributed by atoms with Crippen molar-refractivity contribution in [3.8, 4) is 11.5 Å². The fourth-order valence-electron chi connectivity index (χ4n) is 3.02. The summed E-state index contributed by atoms with van der Waals surface area (Å²) in [7, 11) is 1.42. The fraction of sp³-hybridized carbons (Fsp3) is 0.421. The number of rotatable bonds is 2. The molecule has 3 N–H and O–H groups in total. The summed E-state index contributed by atoms with van der Waals surface area (Å²) in [4.78, 5) is 41.1. The molecule has 3 rings (SSSR count). The fourth-order valence-corrected chi connectivity index (χ4v) is 4.09. The molecular formula is C19H22N4O7S. The van der Waals surface area contributed by atoms with Crippen molar-refractivity contribution in [3.05, 3.63) is 34.5 Å². The Morgan fingerprint density at radius 3 is 2.71 bits per heavy atom. The van der Waals surface area contributed by atoms with E-state index in [0.29, 0.717) is 28.5 Å². The zero-order valence-corrected chi connectivity index (χ0v) is 18.0. The standard InChI is InChI=1S/C19H22N4O7S/c1-9-14(28-3)4-13(24)11-7-31-8-12(18-21-10(2)23-30-18)22-15(25)5-20-16(26)6-29-19(27)17(9)11/h4,12,24H,5-8H2,1-3H3,(H,20,26)(H,22,25)/t12-/m0/s1. The maximum atomic E-state index is 12.7. The molecule has 0 unspecified atom stereocenters. The lowest BCUT2D eigenvalue weighted by Crippen LogP contribution is -2.41. The van der Waals surface area contributed by atoms with Crippen molar-refractivity contribution < 1.29 is 33.5 Å². The molecule has 0 saturated heterocycles. The number of phenolic OH excluding ortho intramolecular Hbond substituents is 1. The van der Waals surface area contributed by atoms with Gasteiger partial charge in [0, 0.05) is 28.7 Å². The quantitative estimate of drug-likeness (QED) is 0.559. The van der Waals surface area contributed by atoms with Gasteiger partial charge in [0.2, 0.25) is 11.8 Å². The minimum absolute atomic E-state index is 0.128. The van der Waals surface area contributed by atoms with Crippen molar-refractivity contribution in [2.45, 2.75) is 25.6 Å². The number of nitrogens with one attached hydrogen (secondary N) is 2. The Kier molecular flexibility index (Phi) is 7.00. The molecule has 166 valence electrons. The van der Waals surface area contributed by atoms with E-state index in [4.69, 9.17) is 14.0 Å². The number of aromatic hydroxyl groups is 1. The van der Waals surface area contributed by atoms with Crippen LogP contribution in [0, 0.1) is 13.8 Å². The van der Waals surface area contributed by atoms with E-state index < -0.39 is 30.4 Å². The summed E-state index contributed by atoms with van der Waals surface area (Å²) < 4.78 is 15.5. The van der Waals surface area contributed by atoms with Crippen LogP contribution in [0.15, 0.2) is 10.6 Å². The van der Waals surface area contributed by atoms with Gasteiger partial charge in [-0.05, 0) is 13.8 Å². The highest BCUT2D eigenvalue weighted by atomic mass is 32.2. The summed E-state index contributed by atoms with van der Waals surface area (Å²) in [5, 5.41) is 19.4. The Bertz CT molecular complexity index is 1010. The first-order valence-electron chi connectivity index (χ1n) is 9.30. The molecule has 2 aromatic rings. The topological polar surface area (TPSA) is 153 Å². The number of carbonyl (C=O) groups is 3. The van der Waals surface area contributed by atoms with Crippen LogP contribution in [-0.4, -0.2) is 59.0 Å². The molecule has 11 nitrogen and oxygen atoms in total. The van der Waals surface area contributed by atoms with Crippen LogP contribution in [0.1, 0.15) is 39.2 Å². The lowest BCUT2D eigenvalue weighted by atomic mass is 10.0. The number of nitrogens with zero attached hydrogens (tertiary/aromatic N) is 2. The van der Waals surface area contributed by atoms with Gasteiger partial charge in [-0.15, -0.1) is 0 Å². The zero-order chi connectivity index (χ0) is 22.5. The largest absolute Gasteiger partial charge is 0.507 e. The summed E-state index contributed by atoms with van der Waals surface area (Å²) in [5.74, 6) is -0.575. The van der Waals surface area contributed by atoms with Gasteiger partial charge in [-0.25, -0.2) is 4.79 Å². The second-order valence-corrected chi connectivity index (χ2v) is 7.77. The molecule has 31 heavy (non-hydrogen) atoms. The van der Waals surface area contributed by atoms with Crippen LogP contribution in [0.3, 0.4) is 0 Å². The highest BCUT2D eigenvalue weighted by Crippen LogP contribution is 2.36. The number of hydrogen-bond donors (Lipinski definition) is 3. The average molecular weight is 450 g/mol. The minimum Gasteiger partial charge on any atom is -0.507 e. The first-order chi connectivity index (χ1) is 14.8. The van der Waals surface area contributed by atoms with Crippen molar-refractivity contribution in [2.75, 3.05) is 26.0 Å². The van der Waals surface area contributed by atoms with Crippen LogP contribution >= 0.6 is 11.8 Å². The van der Waals surface area contributed by atoms with E-state index in [9.17, 15) is 19.5 Å². The Balaban J connectivity index is 1.95. The van der Waals surface area contributed by atoms with E-state index in [-0.39, 0.29) is 29.5 Å². The van der Waals surface area contributed by atoms with E-state index in [0.717, 1.165) is 0 Å². The number of ether oxygens (including phenoxy) is 2. The van der Waals surface area contributed by atoms with Crippen LogP contribution in [0.25, 0.3) is 0 Å². The van der Waals surface area contributed by atoms with Gasteiger partial charge >= 0.3 is 5.97 Å². The summed E-state index contributed by atoms with van der Waals surface area (Å²) in [6.45, 7) is 2.43. The maximum absolute atomic E-state index is 12.7. The van der Waals surface area contributed by atoms with Gasteiger partial charge in [0.05, 0.1) is 19.2 Å². The Morgan fingerprint density at radius 2 is 2.03 bits per heavy atom. The van der Waals surface area contributed by atoms with E-state index >= 15 is 0 Å². The number of carbonyl (C=O) groups excluding carboxylic acids is 3. The molecule has 1 aliphatic rings. The van der Waals surface area contributed by atoms with Crippen LogP contribution in [0.5, 0.6) is 11.5 Å². The first kappa shape index (κ1) is 22.4. The number of thioether (sulfide) groups is 1. The molecule has 0 bridgehead atoms. The summed E-state index contributed by atoms with van der Waals surface area (Å²) in [6.07, 6.45) is 0. The highest BCUT2D eigenvalue weighted by molar-refractivity contribution is 7.98. The molecule has 1 atom stereocenters. The number of aromatic nitrogens is 2. The number of hydrogen-bond acceptors (Lipinski definition) is 10. The van der Waals surface area contributed by atoms with E-state index in [1.165, 1.54) is 24.9 Å². The van der Waals surface area contributed by atoms with Crippen molar-refractivity contribution >= 4 is 29.5 Å². The van der Waals surface area contributed by atoms with E-state index in [1.54, 1.807) is 13.8 Å². The van der Waals surface area contributed by atoms with Crippen LogP contribution in [-0.2, 0) is 20.1 Å². The predicted molar refractivity (Wildman–Crippen MR) is 109 cm³/mol. The molecule has 2 amide bonds. The number of methoxy groups -OCH3 is 1. The molecule has 1 aliphatic heterocycles. The van der Waals surface area contributed by atoms with Gasteiger partial charge in [0.25, 0.3) is 5.91 Å². The third-order valence-electron chi connectivity index (χ3n) is 4.54. The van der Waals surface area contributed by atoms with Crippen molar-refractivity contribution in [3.63, 3.8) is 0 Å². The monoisotopic (exact) mass is 450 g/mol. The molecule has 0 radical (unpaired) electrons. The number of amides is 2. The van der Waals surface area contributed by atoms with Gasteiger partial charge < -0.3 is 29.7 Å². The molecule has 1 aromatic carbocycles. The van der Waals surface area contributed by atoms with Crippen molar-refractivity contribution in [1.29, 1.82) is 0 Å². The second-order valence-electron chi connectivity index (χ2n) is 6.74. The van der Waals surface area contributed by atoms with Gasteiger partial charge in [0.15, 0.2) is 12.4 Å². The lowest BCUT2D eigenvalue weighted by molar-refractivity contribution is -0.128. The predicted octanol–water partition coefficient (Wildman–Crippen LogP) is 0.778. The molecule has 0 aliphatic carbocycles. The minimum atomic E-state index is -0.775. The number of benzene rings is 1. The Morgan fingerprint density at radius 1 is 1.26 bits per heavy atom. The van der Waals surface area contributed by atoms with E-state index in [1.807, 2.05) is 0 Å². The SMILES string of the molecule is COc1cc(O)c2c(c1C)C(=O)OCC(=O)NCC(=O)N[C@H](c1nc(C)no1)CSC2. The second kappa shape index (κ2) is 9.69. The molecule has 0 saturated carbocycles. The third-order valence-corrected chi connectivity index (χ3v) is 5.60. The molecule has 1 aromatic heterocycles. The van der Waals surface area contributed by atoms with E-state index in [2.05, 4.69) is 20.8 Å². The maximum Gasteiger partial charge on any atom is 0.339 e. The summed E-state index contributed by atoms with van der Waals surface area (Å²) in [6, 6.07) is 0.786. The van der Waals surface area contributed by atoms with Gasteiger partial charge in [-0.1, -0.05) is 5.16 Å². The highest BCUT2D eigenvalue weighted by Gasteiger charge is 2.26. The van der Waals surface area contributed by atoms with Gasteiger partial charge in [0.1, 0.15) is 17.5 Å². The number of phenols is 1. The van der Waals surface area contributed by atoms with Crippen LogP contribution in [0.2, 0.25) is 0 Å². The normalized spacial score (nSPS) is 18.3. The number of fused-ring (bicyclic) bond motifs is 1. The molecular weight excluding hydrogens is 428 g/mol. The Labute approximate surface area is 181 Å². The third kappa shape index (κ3) is 5.26.